The highest BCUT2D eigenvalue weighted by molar-refractivity contribution is 7.99. The van der Waals surface area contributed by atoms with Crippen molar-refractivity contribution in [2.45, 2.75) is 50.6 Å². The van der Waals surface area contributed by atoms with Crippen molar-refractivity contribution in [2.24, 2.45) is 0 Å². The number of hydrogen-bond acceptors (Lipinski definition) is 3. The number of carbonyl (C=O) groups excluding carboxylic acids is 2. The summed E-state index contributed by atoms with van der Waals surface area (Å²) in [5.41, 5.74) is 0.400. The molecule has 0 bridgehead atoms. The first-order valence-corrected chi connectivity index (χ1v) is 11.5. The predicted octanol–water partition coefficient (Wildman–Crippen LogP) is 5.29. The summed E-state index contributed by atoms with van der Waals surface area (Å²) in [5.74, 6) is -0.00178. The molecule has 2 rings (SSSR count). The molecule has 0 fully saturated rings. The van der Waals surface area contributed by atoms with E-state index in [1.54, 1.807) is 36.9 Å². The molecular weight excluding hydrogens is 423 g/mol. The van der Waals surface area contributed by atoms with Crippen LogP contribution in [-0.4, -0.2) is 35.1 Å². The quantitative estimate of drug-likeness (QED) is 0.373. The zero-order chi connectivity index (χ0) is 21.9. The van der Waals surface area contributed by atoms with Crippen molar-refractivity contribution in [3.05, 3.63) is 64.9 Å². The van der Waals surface area contributed by atoms with Crippen LogP contribution in [0.3, 0.4) is 0 Å². The molecule has 30 heavy (non-hydrogen) atoms. The van der Waals surface area contributed by atoms with Crippen molar-refractivity contribution in [1.82, 2.24) is 10.2 Å². The molecular formula is C23H28ClFN2O2S. The zero-order valence-corrected chi connectivity index (χ0v) is 18.9. The van der Waals surface area contributed by atoms with Gasteiger partial charge >= 0.3 is 0 Å². The Kier molecular flexibility index (Phi) is 10.2. The number of halogens is 2. The Balaban J connectivity index is 1.98. The number of nitrogens with one attached hydrogen (secondary N) is 1. The second kappa shape index (κ2) is 12.6. The van der Waals surface area contributed by atoms with Gasteiger partial charge in [-0.3, -0.25) is 9.59 Å². The van der Waals surface area contributed by atoms with Crippen LogP contribution < -0.4 is 5.32 Å². The molecule has 2 amide bonds. The summed E-state index contributed by atoms with van der Waals surface area (Å²) in [6.07, 6.45) is 1.76. The molecule has 0 radical (unpaired) electrons. The number of amides is 2. The van der Waals surface area contributed by atoms with E-state index in [0.717, 1.165) is 17.1 Å². The van der Waals surface area contributed by atoms with E-state index in [2.05, 4.69) is 5.32 Å². The minimum absolute atomic E-state index is 0.0660. The Morgan fingerprint density at radius 3 is 2.53 bits per heavy atom. The monoisotopic (exact) mass is 450 g/mol. The molecule has 4 nitrogen and oxygen atoms in total. The Labute approximate surface area is 187 Å². The van der Waals surface area contributed by atoms with Gasteiger partial charge in [0, 0.05) is 35.0 Å². The Bertz CT molecular complexity index is 832. The van der Waals surface area contributed by atoms with Gasteiger partial charge in [-0.2, -0.15) is 0 Å². The maximum atomic E-state index is 14.2. The Morgan fingerprint density at radius 1 is 1.17 bits per heavy atom. The van der Waals surface area contributed by atoms with E-state index in [-0.39, 0.29) is 24.2 Å². The second-order valence-corrected chi connectivity index (χ2v) is 8.59. The van der Waals surface area contributed by atoms with Gasteiger partial charge in [-0.25, -0.2) is 4.39 Å². The van der Waals surface area contributed by atoms with Crippen molar-refractivity contribution in [2.75, 3.05) is 12.3 Å². The molecule has 0 aliphatic carbocycles. The zero-order valence-electron chi connectivity index (χ0n) is 17.4. The minimum atomic E-state index is -0.674. The van der Waals surface area contributed by atoms with Crippen molar-refractivity contribution >= 4 is 35.2 Å². The summed E-state index contributed by atoms with van der Waals surface area (Å²) in [6, 6.07) is 13.2. The number of carbonyl (C=O) groups is 2. The van der Waals surface area contributed by atoms with Gasteiger partial charge in [0.2, 0.25) is 11.8 Å². The summed E-state index contributed by atoms with van der Waals surface area (Å²) in [6.45, 7) is 4.26. The summed E-state index contributed by atoms with van der Waals surface area (Å²) < 4.78 is 14.2. The van der Waals surface area contributed by atoms with E-state index in [1.807, 2.05) is 31.2 Å². The molecule has 0 spiro atoms. The van der Waals surface area contributed by atoms with E-state index in [0.29, 0.717) is 30.0 Å². The lowest BCUT2D eigenvalue weighted by atomic mass is 10.1. The van der Waals surface area contributed by atoms with Crippen molar-refractivity contribution in [3.63, 3.8) is 0 Å². The maximum absolute atomic E-state index is 14.2. The van der Waals surface area contributed by atoms with Crippen LogP contribution in [0.15, 0.2) is 53.4 Å². The molecule has 162 valence electrons. The molecule has 0 heterocycles. The van der Waals surface area contributed by atoms with Gasteiger partial charge in [0.25, 0.3) is 0 Å². The second-order valence-electron chi connectivity index (χ2n) is 6.99. The lowest BCUT2D eigenvalue weighted by molar-refractivity contribution is -0.140. The summed E-state index contributed by atoms with van der Waals surface area (Å²) in [4.78, 5) is 27.9. The highest BCUT2D eigenvalue weighted by Crippen LogP contribution is 2.22. The third-order valence-electron chi connectivity index (χ3n) is 4.63. The van der Waals surface area contributed by atoms with Gasteiger partial charge in [0.15, 0.2) is 0 Å². The first kappa shape index (κ1) is 24.2. The van der Waals surface area contributed by atoms with Crippen LogP contribution >= 0.6 is 23.4 Å². The van der Waals surface area contributed by atoms with Crippen molar-refractivity contribution < 1.29 is 14.0 Å². The number of rotatable bonds is 11. The smallest absolute Gasteiger partial charge is 0.242 e. The third-order valence-corrected chi connectivity index (χ3v) is 5.98. The first-order valence-electron chi connectivity index (χ1n) is 10.1. The Hall–Kier alpha value is -2.05. The number of nitrogens with zero attached hydrogens (tertiary/aromatic N) is 1. The van der Waals surface area contributed by atoms with Crippen LogP contribution in [0.25, 0.3) is 0 Å². The fourth-order valence-corrected chi connectivity index (χ4v) is 3.86. The lowest BCUT2D eigenvalue weighted by Crippen LogP contribution is -2.47. The highest BCUT2D eigenvalue weighted by Gasteiger charge is 2.26. The average molecular weight is 451 g/mol. The van der Waals surface area contributed by atoms with Crippen LogP contribution in [0, 0.1) is 5.82 Å². The van der Waals surface area contributed by atoms with E-state index in [4.69, 9.17) is 11.6 Å². The summed E-state index contributed by atoms with van der Waals surface area (Å²) >= 11 is 7.54. The van der Waals surface area contributed by atoms with Gasteiger partial charge in [-0.1, -0.05) is 36.7 Å². The first-order chi connectivity index (χ1) is 14.4. The van der Waals surface area contributed by atoms with Crippen LogP contribution in [0.1, 0.15) is 38.7 Å². The fraction of sp³-hybridized carbons (Fsp3) is 0.391. The number of benzene rings is 2. The molecule has 0 saturated carbocycles. The predicted molar refractivity (Wildman–Crippen MR) is 121 cm³/mol. The molecule has 1 unspecified atom stereocenters. The summed E-state index contributed by atoms with van der Waals surface area (Å²) in [7, 11) is 0. The molecule has 1 N–H and O–H groups in total. The van der Waals surface area contributed by atoms with Crippen LogP contribution in [0.5, 0.6) is 0 Å². The minimum Gasteiger partial charge on any atom is -0.354 e. The van der Waals surface area contributed by atoms with Gasteiger partial charge in [0.1, 0.15) is 11.9 Å². The number of thioether (sulfide) groups is 1. The highest BCUT2D eigenvalue weighted by atomic mass is 35.5. The molecule has 0 aliphatic rings. The molecule has 7 heteroatoms. The maximum Gasteiger partial charge on any atom is 0.242 e. The standard InChI is InChI=1S/C23H28ClFN2O2S/c1-3-14-26-23(29)17(2)27(16-18-7-4-5-8-21(18)25)22(28)9-6-15-30-20-12-10-19(24)11-13-20/h4-5,7-8,10-13,17H,3,6,9,14-16H2,1-2H3,(H,26,29). The molecule has 2 aromatic rings. The molecule has 0 aromatic heterocycles. The van der Waals surface area contributed by atoms with E-state index in [1.165, 1.54) is 11.0 Å². The molecule has 0 saturated heterocycles. The van der Waals surface area contributed by atoms with Crippen LogP contribution in [0.2, 0.25) is 5.02 Å². The van der Waals surface area contributed by atoms with Crippen LogP contribution in [-0.2, 0) is 16.1 Å². The third kappa shape index (κ3) is 7.65. The lowest BCUT2D eigenvalue weighted by Gasteiger charge is -2.29. The molecule has 2 aromatic carbocycles. The molecule has 0 aliphatic heterocycles. The topological polar surface area (TPSA) is 49.4 Å². The fourth-order valence-electron chi connectivity index (χ4n) is 2.88. The average Bonchev–Trinajstić information content (AvgIpc) is 2.75. The van der Waals surface area contributed by atoms with Crippen LogP contribution in [0.4, 0.5) is 4.39 Å². The van der Waals surface area contributed by atoms with Gasteiger partial charge < -0.3 is 10.2 Å². The van der Waals surface area contributed by atoms with Gasteiger partial charge in [-0.05, 0) is 55.9 Å². The number of hydrogen-bond donors (Lipinski definition) is 1. The Morgan fingerprint density at radius 2 is 1.87 bits per heavy atom. The van der Waals surface area contributed by atoms with Crippen molar-refractivity contribution in [1.29, 1.82) is 0 Å². The normalized spacial score (nSPS) is 11.7. The van der Waals surface area contributed by atoms with E-state index < -0.39 is 6.04 Å². The van der Waals surface area contributed by atoms with Gasteiger partial charge in [0.05, 0.1) is 0 Å². The summed E-state index contributed by atoms with van der Waals surface area (Å²) in [5, 5.41) is 3.51. The van der Waals surface area contributed by atoms with Gasteiger partial charge in [-0.15, -0.1) is 11.8 Å². The largest absolute Gasteiger partial charge is 0.354 e. The van der Waals surface area contributed by atoms with Crippen molar-refractivity contribution in [3.8, 4) is 0 Å². The van der Waals surface area contributed by atoms with E-state index in [9.17, 15) is 14.0 Å². The molecule has 1 atom stereocenters. The van der Waals surface area contributed by atoms with E-state index >= 15 is 0 Å². The SMILES string of the molecule is CCCNC(=O)C(C)N(Cc1ccccc1F)C(=O)CCCSc1ccc(Cl)cc1.